The topological polar surface area (TPSA) is 90.7 Å². The van der Waals surface area contributed by atoms with Crippen LogP contribution in [0, 0.1) is 5.41 Å². The minimum Gasteiger partial charge on any atom is -0.449 e. The monoisotopic (exact) mass is 260 g/mol. The molecule has 0 aliphatic rings. The molecule has 6 heteroatoms. The van der Waals surface area contributed by atoms with Crippen molar-refractivity contribution in [1.29, 1.82) is 0 Å². The van der Waals surface area contributed by atoms with E-state index in [2.05, 4.69) is 5.32 Å². The van der Waals surface area contributed by atoms with Gasteiger partial charge in [0.1, 0.15) is 13.2 Å². The first-order chi connectivity index (χ1) is 8.29. The third-order valence-corrected chi connectivity index (χ3v) is 2.37. The highest BCUT2D eigenvalue weighted by Crippen LogP contribution is 2.24. The Labute approximate surface area is 108 Å². The molecule has 1 atom stereocenters. The van der Waals surface area contributed by atoms with Crippen molar-refractivity contribution < 1.29 is 19.1 Å². The van der Waals surface area contributed by atoms with Gasteiger partial charge in [0, 0.05) is 11.5 Å². The number of hydrogen-bond acceptors (Lipinski definition) is 4. The molecule has 0 heterocycles. The Bertz CT molecular complexity index is 281. The van der Waals surface area contributed by atoms with Crippen LogP contribution in [0.5, 0.6) is 0 Å². The zero-order valence-electron chi connectivity index (χ0n) is 11.6. The van der Waals surface area contributed by atoms with Gasteiger partial charge in [-0.15, -0.1) is 0 Å². The van der Waals surface area contributed by atoms with Crippen molar-refractivity contribution in [2.75, 3.05) is 13.2 Å². The van der Waals surface area contributed by atoms with Gasteiger partial charge in [0.05, 0.1) is 0 Å². The lowest BCUT2D eigenvalue weighted by molar-refractivity contribution is 0.0333. The molecular formula is C12H24N2O4. The maximum atomic E-state index is 11.4. The zero-order chi connectivity index (χ0) is 14.2. The molecule has 106 valence electrons. The van der Waals surface area contributed by atoms with Gasteiger partial charge in [-0.3, -0.25) is 0 Å². The van der Waals surface area contributed by atoms with Crippen LogP contribution in [-0.4, -0.2) is 31.4 Å². The van der Waals surface area contributed by atoms with Gasteiger partial charge in [-0.1, -0.05) is 20.3 Å². The van der Waals surface area contributed by atoms with Crippen molar-refractivity contribution >= 4 is 12.2 Å². The molecule has 0 aliphatic heterocycles. The van der Waals surface area contributed by atoms with Gasteiger partial charge < -0.3 is 20.5 Å². The molecule has 0 aliphatic carbocycles. The van der Waals surface area contributed by atoms with Crippen molar-refractivity contribution in [2.24, 2.45) is 11.1 Å². The summed E-state index contributed by atoms with van der Waals surface area (Å²) in [4.78, 5) is 22.0. The van der Waals surface area contributed by atoms with Crippen LogP contribution >= 0.6 is 0 Å². The average Bonchev–Trinajstić information content (AvgIpc) is 2.24. The van der Waals surface area contributed by atoms with E-state index in [1.807, 2.05) is 27.7 Å². The number of nitrogens with two attached hydrogens (primary N) is 1. The van der Waals surface area contributed by atoms with Crippen LogP contribution < -0.4 is 11.1 Å². The van der Waals surface area contributed by atoms with E-state index >= 15 is 0 Å². The number of amides is 2. The van der Waals surface area contributed by atoms with Crippen LogP contribution in [-0.2, 0) is 9.47 Å². The molecule has 0 fully saturated rings. The maximum Gasteiger partial charge on any atom is 0.407 e. The molecule has 3 N–H and O–H groups in total. The summed E-state index contributed by atoms with van der Waals surface area (Å²) in [5, 5.41) is 2.63. The fourth-order valence-electron chi connectivity index (χ4n) is 1.55. The summed E-state index contributed by atoms with van der Waals surface area (Å²) in [6, 6.07) is 0.0248. The predicted octanol–water partition coefficient (Wildman–Crippen LogP) is 2.02. The highest BCUT2D eigenvalue weighted by atomic mass is 16.6. The molecule has 0 spiro atoms. The highest BCUT2D eigenvalue weighted by Gasteiger charge is 2.27. The molecular weight excluding hydrogens is 236 g/mol. The summed E-state index contributed by atoms with van der Waals surface area (Å²) in [6.07, 6.45) is 0.388. The number of alkyl carbamates (subject to hydrolysis) is 1. The van der Waals surface area contributed by atoms with Gasteiger partial charge >= 0.3 is 12.2 Å². The van der Waals surface area contributed by atoms with Crippen LogP contribution in [0.4, 0.5) is 9.59 Å². The van der Waals surface area contributed by atoms with E-state index in [1.165, 1.54) is 0 Å². The third-order valence-electron chi connectivity index (χ3n) is 2.37. The maximum absolute atomic E-state index is 11.4. The Morgan fingerprint density at radius 2 is 1.83 bits per heavy atom. The van der Waals surface area contributed by atoms with Crippen molar-refractivity contribution in [1.82, 2.24) is 5.32 Å². The summed E-state index contributed by atoms with van der Waals surface area (Å²) < 4.78 is 9.92. The van der Waals surface area contributed by atoms with E-state index in [1.54, 1.807) is 0 Å². The lowest BCUT2D eigenvalue weighted by Gasteiger charge is -2.27. The number of ether oxygens (including phenoxy) is 2. The number of carbonyl (C=O) groups excluding carboxylic acids is 2. The first-order valence-corrected chi connectivity index (χ1v) is 6.14. The van der Waals surface area contributed by atoms with Gasteiger partial charge in [-0.05, 0) is 20.3 Å². The number of carbonyl (C=O) groups is 2. The minimum absolute atomic E-state index is 0.0248. The number of hydrogen-bond donors (Lipinski definition) is 2. The van der Waals surface area contributed by atoms with Crippen LogP contribution in [0.25, 0.3) is 0 Å². The molecule has 0 aromatic heterocycles. The summed E-state index contributed by atoms with van der Waals surface area (Å²) in [6.45, 7) is 7.93. The summed E-state index contributed by atoms with van der Waals surface area (Å²) in [7, 11) is 0. The summed E-state index contributed by atoms with van der Waals surface area (Å²) in [5.74, 6) is 0. The normalized spacial score (nSPS) is 13.8. The summed E-state index contributed by atoms with van der Waals surface area (Å²) >= 11 is 0. The van der Waals surface area contributed by atoms with Crippen LogP contribution in [0.2, 0.25) is 0 Å². The van der Waals surface area contributed by atoms with Crippen LogP contribution in [0.1, 0.15) is 40.5 Å². The first-order valence-electron chi connectivity index (χ1n) is 6.14. The van der Waals surface area contributed by atoms with E-state index in [0.29, 0.717) is 0 Å². The summed E-state index contributed by atoms with van der Waals surface area (Å²) in [5.41, 5.74) is 4.53. The molecule has 0 radical (unpaired) electrons. The van der Waals surface area contributed by atoms with Crippen molar-refractivity contribution in [3.8, 4) is 0 Å². The smallest absolute Gasteiger partial charge is 0.407 e. The second-order valence-electron chi connectivity index (χ2n) is 5.04. The zero-order valence-corrected chi connectivity index (χ0v) is 11.6. The third kappa shape index (κ3) is 7.76. The minimum atomic E-state index is -0.816. The Morgan fingerprint density at radius 1 is 1.28 bits per heavy atom. The second-order valence-corrected chi connectivity index (χ2v) is 5.04. The second kappa shape index (κ2) is 7.79. The van der Waals surface area contributed by atoms with E-state index in [9.17, 15) is 9.59 Å². The van der Waals surface area contributed by atoms with E-state index in [-0.39, 0.29) is 19.3 Å². The molecule has 2 amide bonds. The van der Waals surface area contributed by atoms with E-state index in [0.717, 1.165) is 12.8 Å². The van der Waals surface area contributed by atoms with Gasteiger partial charge in [0.15, 0.2) is 0 Å². The molecule has 0 unspecified atom stereocenters. The Morgan fingerprint density at radius 3 is 2.28 bits per heavy atom. The fourth-order valence-corrected chi connectivity index (χ4v) is 1.55. The van der Waals surface area contributed by atoms with E-state index in [4.69, 9.17) is 15.2 Å². The van der Waals surface area contributed by atoms with Crippen molar-refractivity contribution in [3.05, 3.63) is 0 Å². The average molecular weight is 260 g/mol. The lowest BCUT2D eigenvalue weighted by Crippen LogP contribution is -2.37. The van der Waals surface area contributed by atoms with Crippen molar-refractivity contribution in [2.45, 2.75) is 46.6 Å². The Balaban J connectivity index is 4.24. The Kier molecular flexibility index (Phi) is 7.16. The first kappa shape index (κ1) is 16.5. The quantitative estimate of drug-likeness (QED) is 0.732. The van der Waals surface area contributed by atoms with Gasteiger partial charge in [0.2, 0.25) is 0 Å². The standard InChI is InChI=1S/C12H24N2O4/c1-5-6-12(4,7-17-10(13)15)8-18-11(16)14-9(2)3/h9H,5-8H2,1-4H3,(H2,13,15)(H,14,16)/t12-/m1/s1. The Hall–Kier alpha value is -1.46. The molecule has 18 heavy (non-hydrogen) atoms. The van der Waals surface area contributed by atoms with E-state index < -0.39 is 17.6 Å². The number of nitrogens with one attached hydrogen (secondary N) is 1. The predicted molar refractivity (Wildman–Crippen MR) is 68.2 cm³/mol. The molecule has 0 rings (SSSR count). The molecule has 6 nitrogen and oxygen atoms in total. The molecule has 0 aromatic rings. The highest BCUT2D eigenvalue weighted by molar-refractivity contribution is 5.67. The molecule has 0 bridgehead atoms. The van der Waals surface area contributed by atoms with Gasteiger partial charge in [-0.2, -0.15) is 0 Å². The van der Waals surface area contributed by atoms with Gasteiger partial charge in [-0.25, -0.2) is 9.59 Å². The number of rotatable bonds is 7. The largest absolute Gasteiger partial charge is 0.449 e. The van der Waals surface area contributed by atoms with Crippen LogP contribution in [0.3, 0.4) is 0 Å². The fraction of sp³-hybridized carbons (Fsp3) is 0.833. The molecule has 0 saturated heterocycles. The van der Waals surface area contributed by atoms with Crippen molar-refractivity contribution in [3.63, 3.8) is 0 Å². The molecule has 0 aromatic carbocycles. The number of primary amides is 1. The van der Waals surface area contributed by atoms with Crippen LogP contribution in [0.15, 0.2) is 0 Å². The SMILES string of the molecule is CCC[C@](C)(COC(N)=O)COC(=O)NC(C)C. The van der Waals surface area contributed by atoms with Gasteiger partial charge in [0.25, 0.3) is 0 Å². The molecule has 0 saturated carbocycles. The lowest BCUT2D eigenvalue weighted by atomic mass is 9.87.